The summed E-state index contributed by atoms with van der Waals surface area (Å²) in [5.41, 5.74) is -0.269. The Morgan fingerprint density at radius 1 is 1.22 bits per heavy atom. The first-order valence-corrected chi connectivity index (χ1v) is 12.5. The molecule has 0 spiro atoms. The molecule has 0 radical (unpaired) electrons. The van der Waals surface area contributed by atoms with E-state index in [-0.39, 0.29) is 39.5 Å². The van der Waals surface area contributed by atoms with Crippen LogP contribution in [0.15, 0.2) is 24.4 Å². The average molecular weight is 548 g/mol. The lowest BCUT2D eigenvalue weighted by Gasteiger charge is -2.34. The minimum absolute atomic E-state index is 0.00804. The van der Waals surface area contributed by atoms with Gasteiger partial charge in [0.15, 0.2) is 11.4 Å². The smallest absolute Gasteiger partial charge is 0.287 e. The Kier molecular flexibility index (Phi) is 8.08. The minimum atomic E-state index is -2.78. The van der Waals surface area contributed by atoms with Gasteiger partial charge in [-0.25, -0.2) is 27.5 Å². The second-order valence-electron chi connectivity index (χ2n) is 8.32. The number of aromatic nitrogens is 4. The molecule has 0 bridgehead atoms. The molecule has 3 aromatic rings. The van der Waals surface area contributed by atoms with E-state index in [1.807, 2.05) is 6.92 Å². The molecular formula is C22H22ClF4N5O3S. The summed E-state index contributed by atoms with van der Waals surface area (Å²) in [6.45, 7) is 0.189. The summed E-state index contributed by atoms with van der Waals surface area (Å²) in [7, 11) is 0. The molecule has 4 rings (SSSR count). The van der Waals surface area contributed by atoms with E-state index >= 15 is 0 Å². The molecule has 1 saturated heterocycles. The Morgan fingerprint density at radius 3 is 2.67 bits per heavy atom. The van der Waals surface area contributed by atoms with E-state index in [0.29, 0.717) is 0 Å². The normalized spacial score (nSPS) is 15.4. The van der Waals surface area contributed by atoms with Crippen molar-refractivity contribution >= 4 is 40.4 Å². The van der Waals surface area contributed by atoms with E-state index in [0.717, 1.165) is 28.9 Å². The molecule has 4 heterocycles. The lowest BCUT2D eigenvalue weighted by atomic mass is 9.95. The second kappa shape index (κ2) is 11.1. The van der Waals surface area contributed by atoms with Crippen LogP contribution >= 0.6 is 23.4 Å². The van der Waals surface area contributed by atoms with E-state index in [4.69, 9.17) is 21.1 Å². The van der Waals surface area contributed by atoms with E-state index in [2.05, 4.69) is 20.3 Å². The first kappa shape index (κ1) is 26.3. The highest BCUT2D eigenvalue weighted by Gasteiger charge is 2.31. The predicted molar refractivity (Wildman–Crippen MR) is 127 cm³/mol. The fraction of sp³-hybridized carbons (Fsp3) is 0.455. The zero-order valence-electron chi connectivity index (χ0n) is 19.0. The molecule has 14 heteroatoms. The molecule has 0 atom stereocenters. The Bertz CT molecular complexity index is 1240. The number of halogens is 5. The van der Waals surface area contributed by atoms with Gasteiger partial charge in [-0.2, -0.15) is 16.7 Å². The number of alkyl halides is 4. The van der Waals surface area contributed by atoms with Crippen LogP contribution in [-0.2, 0) is 6.54 Å². The summed E-state index contributed by atoms with van der Waals surface area (Å²) >= 11 is 7.66. The zero-order valence-corrected chi connectivity index (χ0v) is 20.6. The molecule has 3 aromatic heterocycles. The molecule has 1 N–H and O–H groups in total. The third-order valence-electron chi connectivity index (χ3n) is 5.45. The summed E-state index contributed by atoms with van der Waals surface area (Å²) in [5.74, 6) is 0.547. The Balaban J connectivity index is 1.65. The number of rotatable bonds is 9. The molecule has 0 saturated carbocycles. The largest absolute Gasteiger partial charge is 0.482 e. The maximum Gasteiger partial charge on any atom is 0.287 e. The summed E-state index contributed by atoms with van der Waals surface area (Å²) in [6, 6.07) is 4.08. The molecule has 194 valence electrons. The number of fused-ring (bicyclic) bond motifs is 1. The number of imidazole rings is 1. The van der Waals surface area contributed by atoms with Crippen molar-refractivity contribution < 1.29 is 31.8 Å². The third-order valence-corrected chi connectivity index (χ3v) is 6.65. The lowest BCUT2D eigenvalue weighted by Crippen LogP contribution is -2.49. The second-order valence-corrected chi connectivity index (χ2v) is 9.98. The number of thioether (sulfide) groups is 1. The molecule has 0 aromatic carbocycles. The molecule has 1 aliphatic heterocycles. The number of ether oxygens (including phenoxy) is 2. The van der Waals surface area contributed by atoms with Crippen molar-refractivity contribution in [2.75, 3.05) is 18.1 Å². The van der Waals surface area contributed by atoms with Crippen LogP contribution in [0, 0.1) is 0 Å². The van der Waals surface area contributed by atoms with Crippen LogP contribution in [-0.4, -0.2) is 61.9 Å². The zero-order chi connectivity index (χ0) is 25.9. The number of hydrogen-bond acceptors (Lipinski definition) is 7. The summed E-state index contributed by atoms with van der Waals surface area (Å²) in [5, 5.41) is 3.07. The van der Waals surface area contributed by atoms with E-state index < -0.39 is 37.4 Å². The van der Waals surface area contributed by atoms with Crippen molar-refractivity contribution in [3.8, 4) is 17.5 Å². The Labute approximate surface area is 212 Å². The van der Waals surface area contributed by atoms with Crippen molar-refractivity contribution in [2.24, 2.45) is 0 Å². The highest BCUT2D eigenvalue weighted by molar-refractivity contribution is 7.99. The molecular weight excluding hydrogens is 526 g/mol. The summed E-state index contributed by atoms with van der Waals surface area (Å²) in [6.07, 6.45) is -2.81. The molecule has 8 nitrogen and oxygen atoms in total. The number of nitrogens with zero attached hydrogens (tertiary/aromatic N) is 4. The van der Waals surface area contributed by atoms with Crippen molar-refractivity contribution in [2.45, 2.75) is 44.7 Å². The number of hydrogen-bond donors (Lipinski definition) is 1. The van der Waals surface area contributed by atoms with Gasteiger partial charge in [-0.15, -0.1) is 0 Å². The first-order chi connectivity index (χ1) is 17.1. The van der Waals surface area contributed by atoms with Gasteiger partial charge in [0.2, 0.25) is 11.7 Å². The highest BCUT2D eigenvalue weighted by atomic mass is 35.5. The van der Waals surface area contributed by atoms with Gasteiger partial charge in [-0.05, 0) is 37.3 Å². The summed E-state index contributed by atoms with van der Waals surface area (Å²) in [4.78, 5) is 25.5. The Hall–Kier alpha value is -2.80. The lowest BCUT2D eigenvalue weighted by molar-refractivity contribution is 0.0803. The van der Waals surface area contributed by atoms with Gasteiger partial charge in [-0.1, -0.05) is 11.6 Å². The maximum absolute atomic E-state index is 13.4. The number of carbonyl (C=O) groups excluding carboxylic acids is 1. The number of nitrogens with one attached hydrogen (secondary N) is 1. The number of amides is 1. The average Bonchev–Trinajstić information content (AvgIpc) is 3.16. The molecule has 36 heavy (non-hydrogen) atoms. The predicted octanol–water partition coefficient (Wildman–Crippen LogP) is 5.20. The standard InChI is InChI=1S/C22H22ClF4N5O3S/c1-22(4-6-36-7-5-22)31-20(33)19-29-13-2-3-17(30-18(13)32(19)10-15(24)25)35-21-14(34-11-16(26)27)8-12(23)9-28-21/h2-3,8-9,15-16H,4-7,10-11H2,1H3,(H,31,33). The fourth-order valence-electron chi connectivity index (χ4n) is 3.64. The fourth-order valence-corrected chi connectivity index (χ4v) is 5.18. The van der Waals surface area contributed by atoms with Crippen LogP contribution in [0.4, 0.5) is 17.6 Å². The van der Waals surface area contributed by atoms with Crippen LogP contribution in [0.3, 0.4) is 0 Å². The molecule has 0 aliphatic carbocycles. The van der Waals surface area contributed by atoms with Gasteiger partial charge in [-0.3, -0.25) is 9.36 Å². The number of carbonyl (C=O) groups is 1. The topological polar surface area (TPSA) is 91.2 Å². The van der Waals surface area contributed by atoms with Crippen LogP contribution in [0.1, 0.15) is 30.4 Å². The van der Waals surface area contributed by atoms with Crippen LogP contribution in [0.2, 0.25) is 5.02 Å². The van der Waals surface area contributed by atoms with Crippen LogP contribution in [0.5, 0.6) is 17.5 Å². The van der Waals surface area contributed by atoms with Gasteiger partial charge < -0.3 is 14.8 Å². The first-order valence-electron chi connectivity index (χ1n) is 10.9. The maximum atomic E-state index is 13.4. The van der Waals surface area contributed by atoms with Gasteiger partial charge in [0.1, 0.15) is 12.1 Å². The number of pyridine rings is 2. The van der Waals surface area contributed by atoms with Crippen LogP contribution < -0.4 is 14.8 Å². The van der Waals surface area contributed by atoms with Gasteiger partial charge in [0, 0.05) is 23.9 Å². The Morgan fingerprint density at radius 2 is 1.97 bits per heavy atom. The van der Waals surface area contributed by atoms with Gasteiger partial charge in [0.25, 0.3) is 24.6 Å². The minimum Gasteiger partial charge on any atom is -0.482 e. The van der Waals surface area contributed by atoms with Gasteiger partial charge >= 0.3 is 0 Å². The van der Waals surface area contributed by atoms with Crippen molar-refractivity contribution in [3.05, 3.63) is 35.2 Å². The van der Waals surface area contributed by atoms with Crippen molar-refractivity contribution in [1.82, 2.24) is 24.8 Å². The van der Waals surface area contributed by atoms with E-state index in [9.17, 15) is 22.4 Å². The quantitative estimate of drug-likeness (QED) is 0.368. The third kappa shape index (κ3) is 6.30. The molecule has 1 amide bonds. The van der Waals surface area contributed by atoms with Crippen LogP contribution in [0.25, 0.3) is 11.2 Å². The highest BCUT2D eigenvalue weighted by Crippen LogP contribution is 2.32. The molecule has 1 fully saturated rings. The van der Waals surface area contributed by atoms with E-state index in [1.165, 1.54) is 24.4 Å². The molecule has 1 aliphatic rings. The SMILES string of the molecule is CC1(NC(=O)c2nc3ccc(Oc4ncc(Cl)cc4OCC(F)F)nc3n2CC(F)F)CCSCC1. The van der Waals surface area contributed by atoms with Gasteiger partial charge in [0.05, 0.1) is 11.6 Å². The molecule has 0 unspecified atom stereocenters. The van der Waals surface area contributed by atoms with E-state index in [1.54, 1.807) is 11.8 Å². The monoisotopic (exact) mass is 547 g/mol. The van der Waals surface area contributed by atoms with Crippen molar-refractivity contribution in [3.63, 3.8) is 0 Å². The van der Waals surface area contributed by atoms with Crippen molar-refractivity contribution in [1.29, 1.82) is 0 Å². The summed E-state index contributed by atoms with van der Waals surface area (Å²) < 4.78 is 63.7.